The van der Waals surface area contributed by atoms with E-state index in [2.05, 4.69) is 11.9 Å². The summed E-state index contributed by atoms with van der Waals surface area (Å²) in [6.07, 6.45) is -0.207. The summed E-state index contributed by atoms with van der Waals surface area (Å²) in [7, 11) is 2.06. The molecule has 1 fully saturated rings. The van der Waals surface area contributed by atoms with Crippen molar-refractivity contribution in [1.82, 2.24) is 9.80 Å². The van der Waals surface area contributed by atoms with Crippen LogP contribution in [0.2, 0.25) is 0 Å². The predicted molar refractivity (Wildman–Crippen MR) is 77.0 cm³/mol. The second-order valence-corrected chi connectivity index (χ2v) is 4.33. The molecule has 0 aliphatic carbocycles. The largest absolute Gasteiger partial charge is 0.445 e. The summed E-state index contributed by atoms with van der Waals surface area (Å²) in [4.78, 5) is 15.7. The number of likely N-dealkylation sites (N-methyl/N-ethyl adjacent to an activating group) is 1. The van der Waals surface area contributed by atoms with E-state index in [1.165, 1.54) is 0 Å². The summed E-state index contributed by atoms with van der Waals surface area (Å²) >= 11 is 0. The lowest BCUT2D eigenvalue weighted by atomic mass is 10.2. The number of hydrogen-bond acceptors (Lipinski definition) is 3. The summed E-state index contributed by atoms with van der Waals surface area (Å²) in [5.74, 6) is 0. The zero-order valence-corrected chi connectivity index (χ0v) is 12.1. The average molecular weight is 264 g/mol. The molecular weight excluding hydrogens is 240 g/mol. The van der Waals surface area contributed by atoms with Crippen LogP contribution in [0.15, 0.2) is 30.3 Å². The van der Waals surface area contributed by atoms with Crippen LogP contribution in [0.1, 0.15) is 19.4 Å². The molecule has 4 nitrogen and oxygen atoms in total. The number of amides is 1. The van der Waals surface area contributed by atoms with E-state index in [1.807, 2.05) is 44.2 Å². The van der Waals surface area contributed by atoms with Crippen LogP contribution in [0.4, 0.5) is 4.79 Å². The van der Waals surface area contributed by atoms with E-state index in [0.717, 1.165) is 31.7 Å². The van der Waals surface area contributed by atoms with Crippen LogP contribution in [0, 0.1) is 0 Å². The number of ether oxygens (including phenoxy) is 1. The van der Waals surface area contributed by atoms with E-state index in [1.54, 1.807) is 4.90 Å². The fraction of sp³-hybridized carbons (Fsp3) is 0.533. The lowest BCUT2D eigenvalue weighted by Crippen LogP contribution is -2.47. The molecule has 0 saturated carbocycles. The van der Waals surface area contributed by atoms with Crippen LogP contribution in [-0.4, -0.2) is 49.1 Å². The highest BCUT2D eigenvalue weighted by atomic mass is 16.6. The molecule has 1 saturated heterocycles. The number of rotatable bonds is 2. The number of piperazine rings is 1. The monoisotopic (exact) mass is 264 g/mol. The first kappa shape index (κ1) is 15.5. The van der Waals surface area contributed by atoms with Gasteiger partial charge >= 0.3 is 6.09 Å². The van der Waals surface area contributed by atoms with Crippen LogP contribution in [0.25, 0.3) is 0 Å². The number of hydrogen-bond donors (Lipinski definition) is 0. The summed E-state index contributed by atoms with van der Waals surface area (Å²) in [5, 5.41) is 0. The highest BCUT2D eigenvalue weighted by Gasteiger charge is 2.19. The van der Waals surface area contributed by atoms with Crippen molar-refractivity contribution in [3.05, 3.63) is 35.9 Å². The summed E-state index contributed by atoms with van der Waals surface area (Å²) in [5.41, 5.74) is 1.02. The Balaban J connectivity index is 0.000000861. The molecule has 106 valence electrons. The predicted octanol–water partition coefficient (Wildman–Crippen LogP) is 2.60. The summed E-state index contributed by atoms with van der Waals surface area (Å²) < 4.78 is 5.27. The molecule has 1 aromatic carbocycles. The lowest BCUT2D eigenvalue weighted by molar-refractivity contribution is 0.0769. The Morgan fingerprint density at radius 2 is 1.68 bits per heavy atom. The van der Waals surface area contributed by atoms with Crippen molar-refractivity contribution in [2.24, 2.45) is 0 Å². The minimum absolute atomic E-state index is 0.207. The highest BCUT2D eigenvalue weighted by Crippen LogP contribution is 2.05. The number of carbonyl (C=O) groups excluding carboxylic acids is 1. The van der Waals surface area contributed by atoms with Crippen molar-refractivity contribution < 1.29 is 9.53 Å². The van der Waals surface area contributed by atoms with Gasteiger partial charge in [-0.25, -0.2) is 4.79 Å². The van der Waals surface area contributed by atoms with E-state index >= 15 is 0 Å². The van der Waals surface area contributed by atoms with Gasteiger partial charge in [-0.2, -0.15) is 0 Å². The van der Waals surface area contributed by atoms with Gasteiger partial charge in [0.2, 0.25) is 0 Å². The smallest absolute Gasteiger partial charge is 0.410 e. The fourth-order valence-corrected chi connectivity index (χ4v) is 1.80. The van der Waals surface area contributed by atoms with Crippen LogP contribution in [-0.2, 0) is 11.3 Å². The second-order valence-electron chi connectivity index (χ2n) is 4.33. The molecule has 0 N–H and O–H groups in total. The topological polar surface area (TPSA) is 32.8 Å². The van der Waals surface area contributed by atoms with Gasteiger partial charge in [-0.1, -0.05) is 44.2 Å². The van der Waals surface area contributed by atoms with E-state index in [9.17, 15) is 4.79 Å². The molecule has 1 aromatic rings. The maximum absolute atomic E-state index is 11.8. The van der Waals surface area contributed by atoms with E-state index in [-0.39, 0.29) is 6.09 Å². The molecule has 1 aliphatic heterocycles. The standard InChI is InChI=1S/C13H18N2O2.C2H6/c1-14-7-9-15(10-8-14)13(16)17-11-12-5-3-2-4-6-12;1-2/h2-6H,7-11H2,1H3;1-2H3. The van der Waals surface area contributed by atoms with Crippen molar-refractivity contribution in [1.29, 1.82) is 0 Å². The number of benzene rings is 1. The van der Waals surface area contributed by atoms with Crippen LogP contribution >= 0.6 is 0 Å². The van der Waals surface area contributed by atoms with Gasteiger partial charge in [-0.15, -0.1) is 0 Å². The van der Waals surface area contributed by atoms with Crippen LogP contribution in [0.5, 0.6) is 0 Å². The molecule has 0 aromatic heterocycles. The molecule has 4 heteroatoms. The number of nitrogens with zero attached hydrogens (tertiary/aromatic N) is 2. The molecular formula is C15H24N2O2. The molecule has 1 amide bonds. The molecule has 19 heavy (non-hydrogen) atoms. The first-order valence-corrected chi connectivity index (χ1v) is 6.90. The van der Waals surface area contributed by atoms with Crippen molar-refractivity contribution in [2.75, 3.05) is 33.2 Å². The van der Waals surface area contributed by atoms with Gasteiger partial charge in [0.1, 0.15) is 6.61 Å². The fourth-order valence-electron chi connectivity index (χ4n) is 1.80. The molecule has 0 spiro atoms. The first-order chi connectivity index (χ1) is 9.25. The van der Waals surface area contributed by atoms with Gasteiger partial charge < -0.3 is 14.5 Å². The molecule has 0 bridgehead atoms. The summed E-state index contributed by atoms with van der Waals surface area (Å²) in [6.45, 7) is 7.70. The maximum atomic E-state index is 11.8. The number of carbonyl (C=O) groups is 1. The van der Waals surface area contributed by atoms with Crippen molar-refractivity contribution in [3.63, 3.8) is 0 Å². The average Bonchev–Trinajstić information content (AvgIpc) is 2.49. The molecule has 0 atom stereocenters. The zero-order valence-electron chi connectivity index (χ0n) is 12.1. The lowest BCUT2D eigenvalue weighted by Gasteiger charge is -2.31. The van der Waals surface area contributed by atoms with Crippen LogP contribution in [0.3, 0.4) is 0 Å². The quantitative estimate of drug-likeness (QED) is 0.823. The SMILES string of the molecule is CC.CN1CCN(C(=O)OCc2ccccc2)CC1. The van der Waals surface area contributed by atoms with Crippen molar-refractivity contribution in [3.8, 4) is 0 Å². The zero-order chi connectivity index (χ0) is 14.1. The van der Waals surface area contributed by atoms with E-state index < -0.39 is 0 Å². The van der Waals surface area contributed by atoms with Gasteiger partial charge in [-0.05, 0) is 12.6 Å². The first-order valence-electron chi connectivity index (χ1n) is 6.90. The Morgan fingerprint density at radius 3 is 2.26 bits per heavy atom. The maximum Gasteiger partial charge on any atom is 0.410 e. The van der Waals surface area contributed by atoms with Crippen LogP contribution < -0.4 is 0 Å². The minimum atomic E-state index is -0.207. The Morgan fingerprint density at radius 1 is 1.11 bits per heavy atom. The Kier molecular flexibility index (Phi) is 6.97. The van der Waals surface area contributed by atoms with Crippen molar-refractivity contribution in [2.45, 2.75) is 20.5 Å². The Bertz CT molecular complexity index is 360. The van der Waals surface area contributed by atoms with E-state index in [4.69, 9.17) is 4.74 Å². The minimum Gasteiger partial charge on any atom is -0.445 e. The van der Waals surface area contributed by atoms with Gasteiger partial charge in [-0.3, -0.25) is 0 Å². The Labute approximate surface area is 116 Å². The van der Waals surface area contributed by atoms with Gasteiger partial charge in [0.25, 0.3) is 0 Å². The van der Waals surface area contributed by atoms with Gasteiger partial charge in [0.15, 0.2) is 0 Å². The molecule has 1 heterocycles. The molecule has 2 rings (SSSR count). The third-order valence-corrected chi connectivity index (χ3v) is 2.97. The third kappa shape index (κ3) is 5.30. The molecule has 0 radical (unpaired) electrons. The van der Waals surface area contributed by atoms with E-state index in [0.29, 0.717) is 6.61 Å². The highest BCUT2D eigenvalue weighted by molar-refractivity contribution is 5.67. The summed E-state index contributed by atoms with van der Waals surface area (Å²) in [6, 6.07) is 9.75. The van der Waals surface area contributed by atoms with Gasteiger partial charge in [0.05, 0.1) is 0 Å². The third-order valence-electron chi connectivity index (χ3n) is 2.97. The van der Waals surface area contributed by atoms with Crippen molar-refractivity contribution >= 4 is 6.09 Å². The normalized spacial score (nSPS) is 15.4. The van der Waals surface area contributed by atoms with Gasteiger partial charge in [0, 0.05) is 26.2 Å². The molecule has 1 aliphatic rings. The second kappa shape index (κ2) is 8.53. The Hall–Kier alpha value is -1.55. The molecule has 0 unspecified atom stereocenters.